The van der Waals surface area contributed by atoms with Crippen molar-refractivity contribution in [3.63, 3.8) is 0 Å². The molecule has 1 saturated heterocycles. The van der Waals surface area contributed by atoms with Gasteiger partial charge in [-0.05, 0) is 25.5 Å². The van der Waals surface area contributed by atoms with Gasteiger partial charge in [0.2, 0.25) is 0 Å². The van der Waals surface area contributed by atoms with Crippen molar-refractivity contribution in [1.82, 2.24) is 4.90 Å². The normalized spacial score (nSPS) is 21.8. The highest BCUT2D eigenvalue weighted by atomic mass is 16.5. The molecule has 0 spiro atoms. The summed E-state index contributed by atoms with van der Waals surface area (Å²) in [5, 5.41) is 0. The second-order valence-corrected chi connectivity index (χ2v) is 5.08. The molecule has 0 amide bonds. The molecule has 2 unspecified atom stereocenters. The molecule has 0 saturated carbocycles. The zero-order valence-electron chi connectivity index (χ0n) is 11.1. The predicted octanol–water partition coefficient (Wildman–Crippen LogP) is 2.46. The van der Waals surface area contributed by atoms with E-state index >= 15 is 0 Å². The molecule has 1 fully saturated rings. The molecule has 98 valence electrons. The molecule has 0 N–H and O–H groups in total. The van der Waals surface area contributed by atoms with Crippen LogP contribution in [0.3, 0.4) is 0 Å². The maximum absolute atomic E-state index is 10.9. The van der Waals surface area contributed by atoms with Crippen molar-refractivity contribution in [1.29, 1.82) is 0 Å². The fourth-order valence-corrected chi connectivity index (χ4v) is 2.59. The van der Waals surface area contributed by atoms with Gasteiger partial charge in [-0.15, -0.1) is 0 Å². The standard InChI is InChI=1S/C15H21NO2/c1-12(18-13(2)17)15-8-9-16(11-15)10-14-6-4-3-5-7-14/h3-7,12,15H,8-11H2,1-2H3. The summed E-state index contributed by atoms with van der Waals surface area (Å²) in [6, 6.07) is 10.5. The fourth-order valence-electron chi connectivity index (χ4n) is 2.59. The number of hydrogen-bond donors (Lipinski definition) is 0. The maximum atomic E-state index is 10.9. The van der Waals surface area contributed by atoms with Crippen LogP contribution in [0.15, 0.2) is 30.3 Å². The van der Waals surface area contributed by atoms with Gasteiger partial charge in [0, 0.05) is 25.9 Å². The first-order valence-electron chi connectivity index (χ1n) is 6.58. The second-order valence-electron chi connectivity index (χ2n) is 5.08. The summed E-state index contributed by atoms with van der Waals surface area (Å²) in [4.78, 5) is 13.4. The van der Waals surface area contributed by atoms with Crippen LogP contribution in [0.5, 0.6) is 0 Å². The molecule has 1 aliphatic heterocycles. The lowest BCUT2D eigenvalue weighted by molar-refractivity contribution is -0.147. The zero-order valence-corrected chi connectivity index (χ0v) is 11.1. The second kappa shape index (κ2) is 6.01. The lowest BCUT2D eigenvalue weighted by Gasteiger charge is -2.20. The number of ether oxygens (including phenoxy) is 1. The Bertz CT molecular complexity index is 391. The smallest absolute Gasteiger partial charge is 0.302 e. The van der Waals surface area contributed by atoms with Gasteiger partial charge in [-0.25, -0.2) is 0 Å². The Morgan fingerprint density at radius 3 is 2.83 bits per heavy atom. The molecule has 1 aromatic carbocycles. The van der Waals surface area contributed by atoms with E-state index in [1.165, 1.54) is 12.5 Å². The minimum atomic E-state index is -0.177. The Morgan fingerprint density at radius 2 is 2.17 bits per heavy atom. The quantitative estimate of drug-likeness (QED) is 0.765. The van der Waals surface area contributed by atoms with Gasteiger partial charge >= 0.3 is 5.97 Å². The van der Waals surface area contributed by atoms with E-state index in [0.717, 1.165) is 26.1 Å². The molecule has 3 nitrogen and oxygen atoms in total. The molecule has 0 radical (unpaired) electrons. The van der Waals surface area contributed by atoms with E-state index in [9.17, 15) is 4.79 Å². The lowest BCUT2D eigenvalue weighted by atomic mass is 10.0. The molecule has 2 rings (SSSR count). The molecular formula is C15H21NO2. The van der Waals surface area contributed by atoms with Crippen LogP contribution in [0.1, 0.15) is 25.8 Å². The van der Waals surface area contributed by atoms with Gasteiger partial charge < -0.3 is 4.74 Å². The number of hydrogen-bond acceptors (Lipinski definition) is 3. The number of benzene rings is 1. The Labute approximate surface area is 109 Å². The van der Waals surface area contributed by atoms with E-state index in [2.05, 4.69) is 29.2 Å². The first-order chi connectivity index (χ1) is 8.65. The van der Waals surface area contributed by atoms with Crippen LogP contribution >= 0.6 is 0 Å². The Kier molecular flexibility index (Phi) is 4.37. The van der Waals surface area contributed by atoms with Crippen LogP contribution in [-0.4, -0.2) is 30.1 Å². The van der Waals surface area contributed by atoms with Crippen molar-refractivity contribution in [2.24, 2.45) is 5.92 Å². The minimum Gasteiger partial charge on any atom is -0.463 e. The Hall–Kier alpha value is -1.35. The van der Waals surface area contributed by atoms with E-state index < -0.39 is 0 Å². The average Bonchev–Trinajstić information content (AvgIpc) is 2.78. The highest BCUT2D eigenvalue weighted by molar-refractivity contribution is 5.66. The van der Waals surface area contributed by atoms with E-state index in [4.69, 9.17) is 4.74 Å². The third-order valence-electron chi connectivity index (χ3n) is 3.57. The zero-order chi connectivity index (χ0) is 13.0. The van der Waals surface area contributed by atoms with Crippen molar-refractivity contribution in [3.8, 4) is 0 Å². The molecule has 0 bridgehead atoms. The van der Waals surface area contributed by atoms with E-state index in [-0.39, 0.29) is 12.1 Å². The van der Waals surface area contributed by atoms with Crippen LogP contribution in [0.4, 0.5) is 0 Å². The van der Waals surface area contributed by atoms with E-state index in [1.807, 2.05) is 13.0 Å². The number of rotatable bonds is 4. The highest BCUT2D eigenvalue weighted by Crippen LogP contribution is 2.23. The van der Waals surface area contributed by atoms with Crippen LogP contribution < -0.4 is 0 Å². The first kappa shape index (κ1) is 13.1. The molecule has 2 atom stereocenters. The van der Waals surface area contributed by atoms with Crippen molar-refractivity contribution in [2.75, 3.05) is 13.1 Å². The fraction of sp³-hybridized carbons (Fsp3) is 0.533. The first-order valence-corrected chi connectivity index (χ1v) is 6.58. The average molecular weight is 247 g/mol. The number of esters is 1. The topological polar surface area (TPSA) is 29.5 Å². The van der Waals surface area contributed by atoms with Gasteiger partial charge in [0.25, 0.3) is 0 Å². The summed E-state index contributed by atoms with van der Waals surface area (Å²) >= 11 is 0. The van der Waals surface area contributed by atoms with Gasteiger partial charge in [0.05, 0.1) is 0 Å². The van der Waals surface area contributed by atoms with Crippen LogP contribution in [0.2, 0.25) is 0 Å². The molecule has 3 heteroatoms. The van der Waals surface area contributed by atoms with Crippen molar-refractivity contribution in [3.05, 3.63) is 35.9 Å². The van der Waals surface area contributed by atoms with Crippen molar-refractivity contribution < 1.29 is 9.53 Å². The maximum Gasteiger partial charge on any atom is 0.302 e. The van der Waals surface area contributed by atoms with Gasteiger partial charge in [-0.1, -0.05) is 30.3 Å². The van der Waals surface area contributed by atoms with Gasteiger partial charge in [-0.3, -0.25) is 9.69 Å². The van der Waals surface area contributed by atoms with Gasteiger partial charge in [0.1, 0.15) is 6.10 Å². The summed E-state index contributed by atoms with van der Waals surface area (Å²) in [7, 11) is 0. The summed E-state index contributed by atoms with van der Waals surface area (Å²) in [6.07, 6.45) is 1.14. The molecule has 1 aliphatic rings. The van der Waals surface area contributed by atoms with Crippen molar-refractivity contribution >= 4 is 5.97 Å². The number of carbonyl (C=O) groups is 1. The van der Waals surface area contributed by atoms with Crippen molar-refractivity contribution in [2.45, 2.75) is 32.9 Å². The third-order valence-corrected chi connectivity index (χ3v) is 3.57. The van der Waals surface area contributed by atoms with E-state index in [0.29, 0.717) is 5.92 Å². The Morgan fingerprint density at radius 1 is 1.44 bits per heavy atom. The number of carbonyl (C=O) groups excluding carboxylic acids is 1. The highest BCUT2D eigenvalue weighted by Gasteiger charge is 2.28. The third kappa shape index (κ3) is 3.57. The van der Waals surface area contributed by atoms with E-state index in [1.54, 1.807) is 0 Å². The Balaban J connectivity index is 1.83. The minimum absolute atomic E-state index is 0.0308. The van der Waals surface area contributed by atoms with Gasteiger partial charge in [0.15, 0.2) is 0 Å². The summed E-state index contributed by atoms with van der Waals surface area (Å²) in [6.45, 7) is 6.57. The summed E-state index contributed by atoms with van der Waals surface area (Å²) in [5.41, 5.74) is 1.35. The lowest BCUT2D eigenvalue weighted by Crippen LogP contribution is -2.27. The number of likely N-dealkylation sites (tertiary alicyclic amines) is 1. The molecule has 1 heterocycles. The largest absolute Gasteiger partial charge is 0.463 e. The number of nitrogens with zero attached hydrogens (tertiary/aromatic N) is 1. The molecule has 0 aliphatic carbocycles. The summed E-state index contributed by atoms with van der Waals surface area (Å²) < 4.78 is 5.27. The van der Waals surface area contributed by atoms with Crippen LogP contribution in [0, 0.1) is 5.92 Å². The predicted molar refractivity (Wildman–Crippen MR) is 71.1 cm³/mol. The summed E-state index contributed by atoms with van der Waals surface area (Å²) in [5.74, 6) is 0.293. The van der Waals surface area contributed by atoms with Crippen LogP contribution in [-0.2, 0) is 16.1 Å². The molecule has 18 heavy (non-hydrogen) atoms. The van der Waals surface area contributed by atoms with Gasteiger partial charge in [-0.2, -0.15) is 0 Å². The molecule has 1 aromatic rings. The van der Waals surface area contributed by atoms with Crippen LogP contribution in [0.25, 0.3) is 0 Å². The molecular weight excluding hydrogens is 226 g/mol. The SMILES string of the molecule is CC(=O)OC(C)C1CCN(Cc2ccccc2)C1. The molecule has 0 aromatic heterocycles. The monoisotopic (exact) mass is 247 g/mol.